The Morgan fingerprint density at radius 2 is 1.78 bits per heavy atom. The molecule has 0 N–H and O–H groups in total. The number of nitrogens with zero attached hydrogens (tertiary/aromatic N) is 2. The third-order valence-corrected chi connectivity index (χ3v) is 5.34. The molecule has 2 aliphatic rings. The Morgan fingerprint density at radius 3 is 2.52 bits per heavy atom. The minimum Gasteiger partial charge on any atom is -0.342 e. The molecule has 3 nitrogen and oxygen atoms in total. The average molecular weight is 368 g/mol. The van der Waals surface area contributed by atoms with Crippen LogP contribution in [0.3, 0.4) is 0 Å². The van der Waals surface area contributed by atoms with E-state index in [-0.39, 0.29) is 24.1 Å². The second kappa shape index (κ2) is 7.61. The van der Waals surface area contributed by atoms with E-state index in [9.17, 15) is 13.6 Å². The number of benzene rings is 2. The standard InChI is InChI=1S/C22H22F2N2O/c23-18-8-9-20(24)19(13-18)17-12-21(16-6-2-1-3-7-16)26(14-17)15-22(27)25-10-4-5-11-25/h1-3,6-9,12-13,21H,4-5,10-11,14-15H2/t21-/m0/s1. The van der Waals surface area contributed by atoms with Crippen molar-refractivity contribution >= 4 is 11.5 Å². The molecule has 1 fully saturated rings. The first-order valence-corrected chi connectivity index (χ1v) is 9.35. The van der Waals surface area contributed by atoms with Gasteiger partial charge in [0.25, 0.3) is 0 Å². The summed E-state index contributed by atoms with van der Waals surface area (Å²) >= 11 is 0. The molecule has 1 amide bonds. The van der Waals surface area contributed by atoms with Crippen LogP contribution in [0.5, 0.6) is 0 Å². The Morgan fingerprint density at radius 1 is 1.04 bits per heavy atom. The van der Waals surface area contributed by atoms with Crippen LogP contribution >= 0.6 is 0 Å². The van der Waals surface area contributed by atoms with E-state index < -0.39 is 11.6 Å². The molecule has 2 aliphatic heterocycles. The fraction of sp³-hybridized carbons (Fsp3) is 0.318. The van der Waals surface area contributed by atoms with Crippen molar-refractivity contribution in [3.05, 3.63) is 77.4 Å². The second-order valence-electron chi connectivity index (χ2n) is 7.16. The van der Waals surface area contributed by atoms with E-state index in [1.165, 1.54) is 6.07 Å². The van der Waals surface area contributed by atoms with Gasteiger partial charge in [0.15, 0.2) is 0 Å². The van der Waals surface area contributed by atoms with Gasteiger partial charge in [-0.1, -0.05) is 36.4 Å². The predicted molar refractivity (Wildman–Crippen MR) is 101 cm³/mol. The van der Waals surface area contributed by atoms with E-state index in [2.05, 4.69) is 0 Å². The molecule has 4 rings (SSSR count). The van der Waals surface area contributed by atoms with Gasteiger partial charge >= 0.3 is 0 Å². The normalized spacial score (nSPS) is 20.1. The summed E-state index contributed by atoms with van der Waals surface area (Å²) in [5, 5.41) is 0. The van der Waals surface area contributed by atoms with Crippen LogP contribution in [-0.2, 0) is 4.79 Å². The van der Waals surface area contributed by atoms with Crippen LogP contribution in [0.25, 0.3) is 5.57 Å². The molecule has 2 aromatic carbocycles. The first kappa shape index (κ1) is 17.9. The summed E-state index contributed by atoms with van der Waals surface area (Å²) in [5.41, 5.74) is 2.03. The molecule has 0 aliphatic carbocycles. The third-order valence-electron chi connectivity index (χ3n) is 5.34. The summed E-state index contributed by atoms with van der Waals surface area (Å²) in [6.07, 6.45) is 4.04. The highest BCUT2D eigenvalue weighted by Crippen LogP contribution is 2.35. The van der Waals surface area contributed by atoms with Gasteiger partial charge in [-0.3, -0.25) is 9.69 Å². The van der Waals surface area contributed by atoms with E-state index in [4.69, 9.17) is 0 Å². The molecule has 0 aromatic heterocycles. The van der Waals surface area contributed by atoms with E-state index in [1.807, 2.05) is 46.2 Å². The maximum atomic E-state index is 14.3. The van der Waals surface area contributed by atoms with E-state index in [0.717, 1.165) is 49.2 Å². The van der Waals surface area contributed by atoms with Crippen LogP contribution in [0, 0.1) is 11.6 Å². The number of rotatable bonds is 4. The quantitative estimate of drug-likeness (QED) is 0.814. The molecule has 2 aromatic rings. The van der Waals surface area contributed by atoms with Gasteiger partial charge in [-0.15, -0.1) is 0 Å². The van der Waals surface area contributed by atoms with Gasteiger partial charge in [0, 0.05) is 25.2 Å². The number of amides is 1. The summed E-state index contributed by atoms with van der Waals surface area (Å²) in [4.78, 5) is 16.6. The zero-order valence-electron chi connectivity index (χ0n) is 15.1. The zero-order chi connectivity index (χ0) is 18.8. The van der Waals surface area contributed by atoms with Crippen molar-refractivity contribution in [2.75, 3.05) is 26.2 Å². The van der Waals surface area contributed by atoms with Crippen molar-refractivity contribution in [1.29, 1.82) is 0 Å². The lowest BCUT2D eigenvalue weighted by Gasteiger charge is -2.26. The van der Waals surface area contributed by atoms with Crippen molar-refractivity contribution in [3.63, 3.8) is 0 Å². The van der Waals surface area contributed by atoms with Gasteiger partial charge in [-0.25, -0.2) is 8.78 Å². The fourth-order valence-corrected chi connectivity index (χ4v) is 3.94. The molecule has 0 radical (unpaired) electrons. The molecule has 0 bridgehead atoms. The molecule has 1 saturated heterocycles. The van der Waals surface area contributed by atoms with Crippen molar-refractivity contribution in [1.82, 2.24) is 9.80 Å². The van der Waals surface area contributed by atoms with Crippen molar-refractivity contribution in [2.45, 2.75) is 18.9 Å². The Bertz CT molecular complexity index is 860. The van der Waals surface area contributed by atoms with Crippen LogP contribution in [0.15, 0.2) is 54.6 Å². The molecular formula is C22H22F2N2O. The molecule has 27 heavy (non-hydrogen) atoms. The average Bonchev–Trinajstić information content (AvgIpc) is 3.34. The zero-order valence-corrected chi connectivity index (χ0v) is 15.1. The van der Waals surface area contributed by atoms with Crippen LogP contribution < -0.4 is 0 Å². The lowest BCUT2D eigenvalue weighted by atomic mass is 10.0. The third kappa shape index (κ3) is 3.78. The van der Waals surface area contributed by atoms with Crippen LogP contribution in [0.2, 0.25) is 0 Å². The molecule has 0 spiro atoms. The molecular weight excluding hydrogens is 346 g/mol. The van der Waals surface area contributed by atoms with Gasteiger partial charge in [0.05, 0.1) is 12.6 Å². The first-order valence-electron chi connectivity index (χ1n) is 9.35. The number of hydrogen-bond acceptors (Lipinski definition) is 2. The maximum Gasteiger partial charge on any atom is 0.236 e. The van der Waals surface area contributed by atoms with Crippen LogP contribution in [0.4, 0.5) is 8.78 Å². The molecule has 5 heteroatoms. The molecule has 2 heterocycles. The van der Waals surface area contributed by atoms with Gasteiger partial charge in [0.2, 0.25) is 5.91 Å². The predicted octanol–water partition coefficient (Wildman–Crippen LogP) is 4.03. The van der Waals surface area contributed by atoms with Crippen molar-refractivity contribution in [3.8, 4) is 0 Å². The van der Waals surface area contributed by atoms with E-state index in [0.29, 0.717) is 6.54 Å². The van der Waals surface area contributed by atoms with Gasteiger partial charge in [-0.2, -0.15) is 0 Å². The smallest absolute Gasteiger partial charge is 0.236 e. The van der Waals surface area contributed by atoms with Crippen molar-refractivity contribution < 1.29 is 13.6 Å². The van der Waals surface area contributed by atoms with Crippen LogP contribution in [0.1, 0.15) is 30.0 Å². The fourth-order valence-electron chi connectivity index (χ4n) is 3.94. The lowest BCUT2D eigenvalue weighted by Crippen LogP contribution is -2.39. The second-order valence-corrected chi connectivity index (χ2v) is 7.16. The minimum atomic E-state index is -0.463. The van der Waals surface area contributed by atoms with Gasteiger partial charge in [-0.05, 0) is 42.2 Å². The SMILES string of the molecule is O=C(CN1CC(c2cc(F)ccc2F)=C[C@H]1c1ccccc1)N1CCCC1. The number of halogens is 2. The summed E-state index contributed by atoms with van der Waals surface area (Å²) in [6, 6.07) is 13.2. The first-order chi connectivity index (χ1) is 13.1. The Balaban J connectivity index is 1.62. The topological polar surface area (TPSA) is 23.6 Å². The highest BCUT2D eigenvalue weighted by Gasteiger charge is 2.31. The highest BCUT2D eigenvalue weighted by molar-refractivity contribution is 5.80. The highest BCUT2D eigenvalue weighted by atomic mass is 19.1. The van der Waals surface area contributed by atoms with Gasteiger partial charge < -0.3 is 4.90 Å². The molecule has 0 saturated carbocycles. The van der Waals surface area contributed by atoms with E-state index in [1.54, 1.807) is 0 Å². The lowest BCUT2D eigenvalue weighted by molar-refractivity contribution is -0.131. The number of carbonyl (C=O) groups excluding carboxylic acids is 1. The summed E-state index contributed by atoms with van der Waals surface area (Å²) in [6.45, 7) is 2.30. The monoisotopic (exact) mass is 368 g/mol. The maximum absolute atomic E-state index is 14.3. The molecule has 0 unspecified atom stereocenters. The van der Waals surface area contributed by atoms with Gasteiger partial charge in [0.1, 0.15) is 11.6 Å². The summed E-state index contributed by atoms with van der Waals surface area (Å²) < 4.78 is 27.9. The largest absolute Gasteiger partial charge is 0.342 e. The minimum absolute atomic E-state index is 0.0998. The summed E-state index contributed by atoms with van der Waals surface area (Å²) in [7, 11) is 0. The van der Waals surface area contributed by atoms with E-state index >= 15 is 0 Å². The number of likely N-dealkylation sites (tertiary alicyclic amines) is 1. The van der Waals surface area contributed by atoms with Crippen LogP contribution in [-0.4, -0.2) is 41.9 Å². The molecule has 1 atom stereocenters. The number of hydrogen-bond donors (Lipinski definition) is 0. The summed E-state index contributed by atoms with van der Waals surface area (Å²) in [5.74, 6) is -0.805. The molecule has 140 valence electrons. The van der Waals surface area contributed by atoms with Crippen molar-refractivity contribution in [2.24, 2.45) is 0 Å². The Hall–Kier alpha value is -2.53. The Kier molecular flexibility index (Phi) is 5.03. The Labute approximate surface area is 157 Å². The number of carbonyl (C=O) groups is 1.